The second kappa shape index (κ2) is 8.89. The van der Waals surface area contributed by atoms with Crippen LogP contribution < -0.4 is 10.6 Å². The summed E-state index contributed by atoms with van der Waals surface area (Å²) < 4.78 is 0. The first-order chi connectivity index (χ1) is 11.2. The second-order valence-electron chi connectivity index (χ2n) is 5.83. The molecule has 1 saturated carbocycles. The van der Waals surface area contributed by atoms with Crippen molar-refractivity contribution >= 4 is 11.8 Å². The van der Waals surface area contributed by atoms with E-state index in [-0.39, 0.29) is 36.7 Å². The highest BCUT2D eigenvalue weighted by molar-refractivity contribution is 5.94. The van der Waals surface area contributed by atoms with Gasteiger partial charge in [0.15, 0.2) is 0 Å². The molecule has 122 valence electrons. The molecule has 1 fully saturated rings. The first kappa shape index (κ1) is 16.9. The Morgan fingerprint density at radius 3 is 2.74 bits per heavy atom. The number of rotatable bonds is 6. The van der Waals surface area contributed by atoms with Gasteiger partial charge in [0, 0.05) is 18.9 Å². The predicted molar refractivity (Wildman–Crippen MR) is 85.3 cm³/mol. The Labute approximate surface area is 136 Å². The normalized spacial score (nSPS) is 16.1. The summed E-state index contributed by atoms with van der Waals surface area (Å²) in [6.07, 6.45) is 8.52. The van der Waals surface area contributed by atoms with Crippen LogP contribution in [-0.2, 0) is 4.79 Å². The van der Waals surface area contributed by atoms with Crippen LogP contribution in [0, 0.1) is 23.2 Å². The number of carbonyl (C=O) groups is 2. The molecule has 1 aromatic rings. The van der Waals surface area contributed by atoms with Crippen LogP contribution in [0.5, 0.6) is 0 Å². The van der Waals surface area contributed by atoms with Crippen molar-refractivity contribution in [2.24, 2.45) is 11.8 Å². The Morgan fingerprint density at radius 2 is 2.09 bits per heavy atom. The van der Waals surface area contributed by atoms with Crippen molar-refractivity contribution in [3.8, 4) is 6.07 Å². The number of nitrogens with one attached hydrogen (secondary N) is 2. The van der Waals surface area contributed by atoms with E-state index in [0.29, 0.717) is 5.56 Å². The summed E-state index contributed by atoms with van der Waals surface area (Å²) in [5.74, 6) is -0.405. The number of aromatic nitrogens is 1. The van der Waals surface area contributed by atoms with Gasteiger partial charge in [0.05, 0.1) is 17.6 Å². The fourth-order valence-electron chi connectivity index (χ4n) is 3.07. The van der Waals surface area contributed by atoms with Crippen LogP contribution >= 0.6 is 0 Å². The summed E-state index contributed by atoms with van der Waals surface area (Å²) in [7, 11) is 0. The third kappa shape index (κ3) is 5.06. The summed E-state index contributed by atoms with van der Waals surface area (Å²) in [5, 5.41) is 14.1. The van der Waals surface area contributed by atoms with E-state index < -0.39 is 0 Å². The number of nitriles is 1. The molecule has 1 heterocycles. The van der Waals surface area contributed by atoms with Gasteiger partial charge in [-0.3, -0.25) is 14.6 Å². The Balaban J connectivity index is 1.97. The van der Waals surface area contributed by atoms with E-state index in [1.807, 2.05) is 6.07 Å². The summed E-state index contributed by atoms with van der Waals surface area (Å²) in [4.78, 5) is 28.4. The number of hydrogen-bond donors (Lipinski definition) is 2. The number of nitrogens with zero attached hydrogens (tertiary/aromatic N) is 2. The molecule has 0 aromatic carbocycles. The summed E-state index contributed by atoms with van der Waals surface area (Å²) in [5.41, 5.74) is 0.479. The van der Waals surface area contributed by atoms with E-state index in [1.54, 1.807) is 18.3 Å². The van der Waals surface area contributed by atoms with Crippen molar-refractivity contribution in [3.63, 3.8) is 0 Å². The Hall–Kier alpha value is -2.42. The second-order valence-corrected chi connectivity index (χ2v) is 5.83. The number of hydrogen-bond acceptors (Lipinski definition) is 4. The van der Waals surface area contributed by atoms with E-state index >= 15 is 0 Å². The highest BCUT2D eigenvalue weighted by atomic mass is 16.2. The van der Waals surface area contributed by atoms with Gasteiger partial charge in [-0.15, -0.1) is 0 Å². The third-order valence-corrected chi connectivity index (χ3v) is 4.30. The first-order valence-electron chi connectivity index (χ1n) is 8.05. The molecule has 1 aliphatic rings. The average molecular weight is 314 g/mol. The Kier molecular flexibility index (Phi) is 6.55. The molecular formula is C17H22N4O2. The maximum atomic E-state index is 12.3. The number of pyridine rings is 1. The quantitative estimate of drug-likeness (QED) is 0.780. The Bertz CT molecular complexity index is 562. The SMILES string of the molecule is N#CCNC(=O)C(CNC(=O)c1cccnc1)C1CCCCC1. The van der Waals surface area contributed by atoms with Crippen molar-refractivity contribution in [3.05, 3.63) is 30.1 Å². The number of carbonyl (C=O) groups excluding carboxylic acids is 2. The maximum Gasteiger partial charge on any atom is 0.252 e. The third-order valence-electron chi connectivity index (χ3n) is 4.30. The zero-order chi connectivity index (χ0) is 16.5. The molecule has 6 heteroatoms. The highest BCUT2D eigenvalue weighted by Gasteiger charge is 2.29. The van der Waals surface area contributed by atoms with Crippen LogP contribution in [0.1, 0.15) is 42.5 Å². The molecule has 1 atom stereocenters. The van der Waals surface area contributed by atoms with Gasteiger partial charge in [-0.2, -0.15) is 5.26 Å². The van der Waals surface area contributed by atoms with Gasteiger partial charge in [-0.1, -0.05) is 19.3 Å². The zero-order valence-corrected chi connectivity index (χ0v) is 13.1. The fraction of sp³-hybridized carbons (Fsp3) is 0.529. The molecule has 2 rings (SSSR count). The topological polar surface area (TPSA) is 94.9 Å². The van der Waals surface area contributed by atoms with Crippen LogP contribution in [0.4, 0.5) is 0 Å². The van der Waals surface area contributed by atoms with E-state index in [0.717, 1.165) is 25.7 Å². The summed E-state index contributed by atoms with van der Waals surface area (Å²) >= 11 is 0. The van der Waals surface area contributed by atoms with E-state index in [4.69, 9.17) is 5.26 Å². The van der Waals surface area contributed by atoms with Gasteiger partial charge in [0.2, 0.25) is 5.91 Å². The molecule has 0 radical (unpaired) electrons. The summed E-state index contributed by atoms with van der Waals surface area (Å²) in [6.45, 7) is 0.286. The van der Waals surface area contributed by atoms with E-state index in [9.17, 15) is 9.59 Å². The maximum absolute atomic E-state index is 12.3. The highest BCUT2D eigenvalue weighted by Crippen LogP contribution is 2.30. The van der Waals surface area contributed by atoms with Crippen LogP contribution in [0.3, 0.4) is 0 Å². The van der Waals surface area contributed by atoms with Gasteiger partial charge in [0.1, 0.15) is 6.54 Å². The van der Waals surface area contributed by atoms with Crippen molar-refractivity contribution in [1.29, 1.82) is 5.26 Å². The minimum atomic E-state index is -0.288. The molecule has 1 aliphatic carbocycles. The molecule has 0 aliphatic heterocycles. The molecule has 0 saturated heterocycles. The molecule has 0 spiro atoms. The summed E-state index contributed by atoms with van der Waals surface area (Å²) in [6, 6.07) is 5.31. The first-order valence-corrected chi connectivity index (χ1v) is 8.05. The van der Waals surface area contributed by atoms with Crippen LogP contribution in [-0.4, -0.2) is 29.9 Å². The molecule has 2 N–H and O–H groups in total. The molecular weight excluding hydrogens is 292 g/mol. The molecule has 6 nitrogen and oxygen atoms in total. The van der Waals surface area contributed by atoms with Crippen LogP contribution in [0.2, 0.25) is 0 Å². The van der Waals surface area contributed by atoms with Crippen molar-refractivity contribution in [1.82, 2.24) is 15.6 Å². The Morgan fingerprint density at radius 1 is 1.30 bits per heavy atom. The smallest absolute Gasteiger partial charge is 0.252 e. The van der Waals surface area contributed by atoms with Gasteiger partial charge < -0.3 is 10.6 Å². The minimum Gasteiger partial charge on any atom is -0.351 e. The minimum absolute atomic E-state index is 0.00138. The molecule has 23 heavy (non-hydrogen) atoms. The molecule has 1 aromatic heterocycles. The average Bonchev–Trinajstić information content (AvgIpc) is 2.61. The fourth-order valence-corrected chi connectivity index (χ4v) is 3.07. The molecule has 2 amide bonds. The van der Waals surface area contributed by atoms with Crippen molar-refractivity contribution < 1.29 is 9.59 Å². The lowest BCUT2D eigenvalue weighted by Crippen LogP contribution is -2.43. The lowest BCUT2D eigenvalue weighted by Gasteiger charge is -2.29. The standard InChI is InChI=1S/C17H22N4O2/c18-8-10-20-17(23)15(13-5-2-1-3-6-13)12-21-16(22)14-7-4-9-19-11-14/h4,7,9,11,13,15H,1-3,5-6,10,12H2,(H,20,23)(H,21,22). The van der Waals surface area contributed by atoms with Crippen molar-refractivity contribution in [2.75, 3.05) is 13.1 Å². The van der Waals surface area contributed by atoms with Gasteiger partial charge >= 0.3 is 0 Å². The van der Waals surface area contributed by atoms with Gasteiger partial charge in [-0.05, 0) is 30.9 Å². The van der Waals surface area contributed by atoms with Gasteiger partial charge in [-0.25, -0.2) is 0 Å². The lowest BCUT2D eigenvalue weighted by molar-refractivity contribution is -0.126. The van der Waals surface area contributed by atoms with Crippen LogP contribution in [0.25, 0.3) is 0 Å². The van der Waals surface area contributed by atoms with Crippen LogP contribution in [0.15, 0.2) is 24.5 Å². The largest absolute Gasteiger partial charge is 0.351 e. The van der Waals surface area contributed by atoms with Crippen molar-refractivity contribution in [2.45, 2.75) is 32.1 Å². The van der Waals surface area contributed by atoms with E-state index in [1.165, 1.54) is 12.6 Å². The molecule has 1 unspecified atom stereocenters. The monoisotopic (exact) mass is 314 g/mol. The lowest BCUT2D eigenvalue weighted by atomic mass is 9.79. The zero-order valence-electron chi connectivity index (χ0n) is 13.1. The number of amides is 2. The predicted octanol–water partition coefficient (Wildman–Crippen LogP) is 1.65. The van der Waals surface area contributed by atoms with Gasteiger partial charge in [0.25, 0.3) is 5.91 Å². The molecule has 0 bridgehead atoms. The van der Waals surface area contributed by atoms with E-state index in [2.05, 4.69) is 15.6 Å².